The molecule has 4 aliphatic carbocycles. The van der Waals surface area contributed by atoms with Gasteiger partial charge in [-0.05, 0) is 111 Å². The molecule has 9 heteroatoms. The Balaban J connectivity index is 1.42. The van der Waals surface area contributed by atoms with Gasteiger partial charge in [0.05, 0.1) is 23.0 Å². The molecule has 0 bridgehead atoms. The first-order valence-electron chi connectivity index (χ1n) is 20.5. The number of Topliss-reactive ketones (excluding diaryl/α,β-unsaturated/α-hetero) is 1. The van der Waals surface area contributed by atoms with Gasteiger partial charge in [-0.15, -0.1) is 0 Å². The second-order valence-corrected chi connectivity index (χ2v) is 20.4. The maximum absolute atomic E-state index is 14.7. The van der Waals surface area contributed by atoms with Crippen molar-refractivity contribution in [2.24, 2.45) is 50.2 Å². The van der Waals surface area contributed by atoms with Gasteiger partial charge >= 0.3 is 11.9 Å². The lowest BCUT2D eigenvalue weighted by atomic mass is 9.37. The smallest absolute Gasteiger partial charge is 0.309 e. The van der Waals surface area contributed by atoms with Gasteiger partial charge in [-0.1, -0.05) is 91.1 Å². The molecule has 3 fully saturated rings. The van der Waals surface area contributed by atoms with E-state index >= 15 is 0 Å². The van der Waals surface area contributed by atoms with Crippen LogP contribution in [0.2, 0.25) is 5.02 Å². The van der Waals surface area contributed by atoms with Gasteiger partial charge in [-0.2, -0.15) is 0 Å². The summed E-state index contributed by atoms with van der Waals surface area (Å²) in [6, 6.07) is 4.94. The van der Waals surface area contributed by atoms with Crippen molar-refractivity contribution in [3.05, 3.63) is 45.7 Å². The third-order valence-electron chi connectivity index (χ3n) is 15.7. The molecule has 4 aliphatic rings. The quantitative estimate of drug-likeness (QED) is 0.171. The van der Waals surface area contributed by atoms with Crippen LogP contribution in [0.3, 0.4) is 0 Å². The second-order valence-electron chi connectivity index (χ2n) is 20.0. The number of carboxylic acid groups (broad SMARTS) is 1. The maximum Gasteiger partial charge on any atom is 0.309 e. The number of carboxylic acids is 1. The molecule has 1 aromatic rings. The number of esters is 1. The molecule has 54 heavy (non-hydrogen) atoms. The Morgan fingerprint density at radius 3 is 2.37 bits per heavy atom. The van der Waals surface area contributed by atoms with Gasteiger partial charge in [0.25, 0.3) is 0 Å². The monoisotopic (exact) mass is 771 g/mol. The van der Waals surface area contributed by atoms with Gasteiger partial charge in [0, 0.05) is 35.9 Å². The summed E-state index contributed by atoms with van der Waals surface area (Å²) < 4.78 is 20.8. The van der Waals surface area contributed by atoms with E-state index in [-0.39, 0.29) is 64.0 Å². The number of hydrogen-bond acceptors (Lipinski definition) is 6. The number of halogens is 2. The van der Waals surface area contributed by atoms with Gasteiger partial charge in [-0.25, -0.2) is 4.39 Å². The molecule has 0 amide bonds. The van der Waals surface area contributed by atoms with E-state index < -0.39 is 34.7 Å². The summed E-state index contributed by atoms with van der Waals surface area (Å²) >= 11 is 6.03. The van der Waals surface area contributed by atoms with Crippen molar-refractivity contribution < 1.29 is 33.7 Å². The van der Waals surface area contributed by atoms with E-state index in [9.17, 15) is 29.0 Å². The van der Waals surface area contributed by atoms with Gasteiger partial charge in [0.2, 0.25) is 0 Å². The van der Waals surface area contributed by atoms with Crippen LogP contribution in [0.15, 0.2) is 29.3 Å². The van der Waals surface area contributed by atoms with Crippen molar-refractivity contribution in [2.45, 2.75) is 159 Å². The lowest BCUT2D eigenvalue weighted by molar-refractivity contribution is -0.214. The fourth-order valence-corrected chi connectivity index (χ4v) is 12.5. The minimum atomic E-state index is -1.19. The largest absolute Gasteiger partial charge is 0.481 e. The first kappa shape index (κ1) is 42.8. The van der Waals surface area contributed by atoms with E-state index in [2.05, 4.69) is 60.7 Å². The highest BCUT2D eigenvalue weighted by Gasteiger charge is 2.66. The van der Waals surface area contributed by atoms with Crippen LogP contribution in [-0.4, -0.2) is 46.7 Å². The molecule has 3 N–H and O–H groups in total. The third-order valence-corrected chi connectivity index (χ3v) is 16.0. The number of aliphatic carboxylic acids is 1. The van der Waals surface area contributed by atoms with E-state index in [0.717, 1.165) is 68.9 Å². The number of carbonyl (C=O) groups is 3. The molecule has 5 rings (SSSR count). The summed E-state index contributed by atoms with van der Waals surface area (Å²) in [5, 5.41) is 25.0. The lowest BCUT2D eigenvalue weighted by Crippen LogP contribution is -2.62. The molecule has 0 radical (unpaired) electrons. The summed E-state index contributed by atoms with van der Waals surface area (Å²) in [6.45, 7) is 22.0. The van der Waals surface area contributed by atoms with Gasteiger partial charge in [0.15, 0.2) is 5.78 Å². The molecule has 0 aromatic heterocycles. The van der Waals surface area contributed by atoms with Crippen molar-refractivity contribution in [3.63, 3.8) is 0 Å². The number of rotatable bonds is 13. The summed E-state index contributed by atoms with van der Waals surface area (Å²) in [5.41, 5.74) is 0.197. The fraction of sp³-hybridized carbons (Fsp3) is 0.756. The topological polar surface area (TPSA) is 113 Å². The van der Waals surface area contributed by atoms with Crippen molar-refractivity contribution in [1.82, 2.24) is 5.32 Å². The van der Waals surface area contributed by atoms with Crippen LogP contribution in [0.25, 0.3) is 0 Å². The summed E-state index contributed by atoms with van der Waals surface area (Å²) in [6.07, 6.45) is 7.29. The number of allylic oxidation sites excluding steroid dienone is 1. The summed E-state index contributed by atoms with van der Waals surface area (Å²) in [4.78, 5) is 38.8. The number of ether oxygens (including phenoxy) is 1. The highest BCUT2D eigenvalue weighted by Crippen LogP contribution is 2.73. The van der Waals surface area contributed by atoms with E-state index in [4.69, 9.17) is 16.3 Å². The van der Waals surface area contributed by atoms with Crippen LogP contribution in [-0.2, 0) is 25.7 Å². The van der Waals surface area contributed by atoms with Crippen LogP contribution in [0.5, 0.6) is 0 Å². The molecule has 0 heterocycles. The number of benzene rings is 1. The maximum atomic E-state index is 14.7. The molecule has 0 unspecified atom stereocenters. The van der Waals surface area contributed by atoms with Crippen LogP contribution >= 0.6 is 11.6 Å². The van der Waals surface area contributed by atoms with Crippen LogP contribution in [0.1, 0.15) is 145 Å². The zero-order valence-electron chi connectivity index (χ0n) is 34.6. The molecule has 8 atom stereocenters. The molecule has 3 saturated carbocycles. The Morgan fingerprint density at radius 1 is 1.06 bits per heavy atom. The molecule has 302 valence electrons. The molecule has 0 saturated heterocycles. The van der Waals surface area contributed by atoms with Crippen molar-refractivity contribution in [2.75, 3.05) is 6.54 Å². The number of nitrogens with one attached hydrogen (secondary N) is 1. The number of ketones is 1. The third kappa shape index (κ3) is 7.23. The van der Waals surface area contributed by atoms with Gasteiger partial charge in [-0.3, -0.25) is 14.4 Å². The number of fused-ring (bicyclic) bond motifs is 2. The minimum Gasteiger partial charge on any atom is -0.481 e. The van der Waals surface area contributed by atoms with Crippen molar-refractivity contribution in [3.8, 4) is 0 Å². The van der Waals surface area contributed by atoms with E-state index in [0.29, 0.717) is 23.8 Å². The zero-order chi connectivity index (χ0) is 40.2. The molecule has 0 aliphatic heterocycles. The Kier molecular flexibility index (Phi) is 12.1. The Morgan fingerprint density at radius 2 is 1.74 bits per heavy atom. The number of aliphatic hydroxyl groups excluding tert-OH is 1. The molecular weight excluding hydrogens is 705 g/mol. The average molecular weight is 772 g/mol. The van der Waals surface area contributed by atoms with E-state index in [1.54, 1.807) is 26.0 Å². The molecule has 7 nitrogen and oxygen atoms in total. The predicted molar refractivity (Wildman–Crippen MR) is 211 cm³/mol. The Bertz CT molecular complexity index is 1650. The van der Waals surface area contributed by atoms with Gasteiger partial charge in [0.1, 0.15) is 11.9 Å². The number of aliphatic hydroxyl groups is 1. The number of hydrogen-bond donors (Lipinski definition) is 3. The first-order valence-corrected chi connectivity index (χ1v) is 20.9. The zero-order valence-corrected chi connectivity index (χ0v) is 35.4. The van der Waals surface area contributed by atoms with Crippen LogP contribution in [0.4, 0.5) is 4.39 Å². The molecular formula is C45H67ClFNO6. The van der Waals surface area contributed by atoms with Crippen molar-refractivity contribution in [1.29, 1.82) is 0 Å². The SMILES string of the molecule is CCC[C@@H]1[C@@]2(C)CC[C@H](OC(=O)CC(C)(C)C(=O)O)C(C)(C)[C@@H]2CC[C@@]1(C)[C@]1(C)CC[C@@]2([C@@H](O)CNCc3cccc(Cl)c3F)CC(=O)C(C(C)C)=C2C1. The molecule has 0 spiro atoms. The highest BCUT2D eigenvalue weighted by atomic mass is 35.5. The Labute approximate surface area is 328 Å². The normalized spacial score (nSPS) is 34.4. The summed E-state index contributed by atoms with van der Waals surface area (Å²) in [7, 11) is 0. The number of carbonyl (C=O) groups excluding carboxylic acids is 2. The fourth-order valence-electron chi connectivity index (χ4n) is 12.3. The van der Waals surface area contributed by atoms with E-state index in [1.165, 1.54) is 6.07 Å². The van der Waals surface area contributed by atoms with Crippen LogP contribution < -0.4 is 5.32 Å². The second kappa shape index (κ2) is 15.2. The van der Waals surface area contributed by atoms with Crippen molar-refractivity contribution >= 4 is 29.3 Å². The minimum absolute atomic E-state index is 0.00685. The van der Waals surface area contributed by atoms with E-state index in [1.807, 2.05) is 0 Å². The van der Waals surface area contributed by atoms with Crippen LogP contribution in [0, 0.1) is 56.1 Å². The molecule has 1 aromatic carbocycles. The predicted octanol–water partition coefficient (Wildman–Crippen LogP) is 10.1. The average Bonchev–Trinajstić information content (AvgIpc) is 3.37. The Hall–Kier alpha value is -2.29. The first-order chi connectivity index (χ1) is 25.0. The lowest BCUT2D eigenvalue weighted by Gasteiger charge is -2.68. The standard InChI is InChI=1S/C45H67ClFNO6/c1-11-13-33-43(9)18-17-35(54-36(51)24-40(4,5)39(52)53)41(6,7)32(43)16-19-44(33,10)42(8)20-21-45(23-31(49)37(27(2)3)29(45)22-42)34(50)26-48-25-28-14-12-15-30(46)38(28)47/h12,14-15,27,32-35,48,50H,11,13,16-26H2,1-10H3,(H,52,53)/t32-,33+,34-,35-,42+,43-,44+,45+/m0/s1. The highest BCUT2D eigenvalue weighted by molar-refractivity contribution is 6.30. The summed E-state index contributed by atoms with van der Waals surface area (Å²) in [5.74, 6) is -0.999. The van der Waals surface area contributed by atoms with Gasteiger partial charge < -0.3 is 20.3 Å².